The lowest BCUT2D eigenvalue weighted by Crippen LogP contribution is -2.09. The molecule has 2 N–H and O–H groups in total. The van der Waals surface area contributed by atoms with Gasteiger partial charge in [-0.15, -0.1) is 0 Å². The second-order valence-electron chi connectivity index (χ2n) is 4.09. The van der Waals surface area contributed by atoms with E-state index in [4.69, 9.17) is 9.84 Å². The number of aromatic carboxylic acids is 1. The summed E-state index contributed by atoms with van der Waals surface area (Å²) in [5.74, 6) is -0.267. The summed E-state index contributed by atoms with van der Waals surface area (Å²) in [6, 6.07) is 5.02. The maximum absolute atomic E-state index is 10.9. The van der Waals surface area contributed by atoms with E-state index in [0.29, 0.717) is 18.1 Å². The first-order valence-corrected chi connectivity index (χ1v) is 5.90. The van der Waals surface area contributed by atoms with Gasteiger partial charge in [0.15, 0.2) is 5.69 Å². The summed E-state index contributed by atoms with van der Waals surface area (Å²) in [4.78, 5) is 23.0. The molecule has 0 saturated carbocycles. The van der Waals surface area contributed by atoms with Crippen molar-refractivity contribution in [1.29, 1.82) is 0 Å². The van der Waals surface area contributed by atoms with E-state index in [1.807, 2.05) is 6.07 Å². The minimum atomic E-state index is -1.08. The molecule has 2 aromatic heterocycles. The molecule has 0 bridgehead atoms. The Labute approximate surface area is 115 Å². The van der Waals surface area contributed by atoms with Crippen LogP contribution in [-0.4, -0.2) is 33.1 Å². The van der Waals surface area contributed by atoms with Gasteiger partial charge in [-0.25, -0.2) is 19.7 Å². The highest BCUT2D eigenvalue weighted by atomic mass is 16.5. The first-order valence-electron chi connectivity index (χ1n) is 5.90. The van der Waals surface area contributed by atoms with Crippen LogP contribution < -0.4 is 10.1 Å². The van der Waals surface area contributed by atoms with Crippen molar-refractivity contribution in [3.63, 3.8) is 0 Å². The monoisotopic (exact) mass is 274 g/mol. The van der Waals surface area contributed by atoms with Gasteiger partial charge in [0, 0.05) is 24.5 Å². The van der Waals surface area contributed by atoms with Crippen molar-refractivity contribution < 1.29 is 14.6 Å². The SMILES string of the molecule is COc1ccc(CNc2nc(C)cc(C(=O)O)n2)cn1. The predicted molar refractivity (Wildman–Crippen MR) is 71.8 cm³/mol. The van der Waals surface area contributed by atoms with Gasteiger partial charge in [0.05, 0.1) is 7.11 Å². The number of rotatable bonds is 5. The van der Waals surface area contributed by atoms with Crippen LogP contribution in [0, 0.1) is 6.92 Å². The van der Waals surface area contributed by atoms with Crippen LogP contribution in [0.5, 0.6) is 5.88 Å². The van der Waals surface area contributed by atoms with Crippen LogP contribution in [-0.2, 0) is 6.54 Å². The third-order valence-electron chi connectivity index (χ3n) is 2.53. The minimum absolute atomic E-state index is 0.0344. The molecule has 0 atom stereocenters. The molecule has 0 unspecified atom stereocenters. The average molecular weight is 274 g/mol. The van der Waals surface area contributed by atoms with Crippen LogP contribution in [0.4, 0.5) is 5.95 Å². The minimum Gasteiger partial charge on any atom is -0.481 e. The zero-order valence-corrected chi connectivity index (χ0v) is 11.1. The van der Waals surface area contributed by atoms with Gasteiger partial charge in [-0.05, 0) is 18.6 Å². The molecule has 0 aromatic carbocycles. The van der Waals surface area contributed by atoms with Crippen LogP contribution in [0.15, 0.2) is 24.4 Å². The summed E-state index contributed by atoms with van der Waals surface area (Å²) < 4.78 is 4.97. The molecule has 0 fully saturated rings. The summed E-state index contributed by atoms with van der Waals surface area (Å²) in [6.45, 7) is 2.16. The van der Waals surface area contributed by atoms with Crippen LogP contribution in [0.25, 0.3) is 0 Å². The van der Waals surface area contributed by atoms with Crippen molar-refractivity contribution in [3.8, 4) is 5.88 Å². The van der Waals surface area contributed by atoms with Gasteiger partial charge >= 0.3 is 5.97 Å². The Hall–Kier alpha value is -2.70. The maximum Gasteiger partial charge on any atom is 0.354 e. The van der Waals surface area contributed by atoms with Crippen molar-refractivity contribution in [3.05, 3.63) is 41.3 Å². The molecule has 0 amide bonds. The van der Waals surface area contributed by atoms with E-state index in [-0.39, 0.29) is 11.6 Å². The van der Waals surface area contributed by atoms with Crippen LogP contribution >= 0.6 is 0 Å². The Balaban J connectivity index is 2.08. The molecule has 2 heterocycles. The Bertz CT molecular complexity index is 614. The number of anilines is 1. The zero-order valence-electron chi connectivity index (χ0n) is 11.1. The lowest BCUT2D eigenvalue weighted by atomic mass is 10.3. The first kappa shape index (κ1) is 13.7. The molecule has 104 valence electrons. The fourth-order valence-electron chi connectivity index (χ4n) is 1.57. The molecule has 0 saturated heterocycles. The topological polar surface area (TPSA) is 97.2 Å². The number of aromatic nitrogens is 3. The molecule has 2 aromatic rings. The van der Waals surface area contributed by atoms with Crippen LogP contribution in [0.1, 0.15) is 21.7 Å². The van der Waals surface area contributed by atoms with Crippen molar-refractivity contribution in [1.82, 2.24) is 15.0 Å². The fraction of sp³-hybridized carbons (Fsp3) is 0.231. The van der Waals surface area contributed by atoms with Gasteiger partial charge in [-0.3, -0.25) is 0 Å². The van der Waals surface area contributed by atoms with Gasteiger partial charge in [0.1, 0.15) is 0 Å². The molecule has 2 rings (SSSR count). The molecule has 7 nitrogen and oxygen atoms in total. The fourth-order valence-corrected chi connectivity index (χ4v) is 1.57. The van der Waals surface area contributed by atoms with Gasteiger partial charge in [-0.2, -0.15) is 0 Å². The predicted octanol–water partition coefficient (Wildman–Crippen LogP) is 1.50. The Morgan fingerprint density at radius 3 is 2.80 bits per heavy atom. The lowest BCUT2D eigenvalue weighted by molar-refractivity contribution is 0.0690. The van der Waals surface area contributed by atoms with Crippen LogP contribution in [0.2, 0.25) is 0 Å². The number of aryl methyl sites for hydroxylation is 1. The summed E-state index contributed by atoms with van der Waals surface area (Å²) >= 11 is 0. The highest BCUT2D eigenvalue weighted by Gasteiger charge is 2.08. The van der Waals surface area contributed by atoms with E-state index < -0.39 is 5.97 Å². The number of carboxylic acids is 1. The van der Waals surface area contributed by atoms with Gasteiger partial charge in [-0.1, -0.05) is 6.07 Å². The number of pyridine rings is 1. The summed E-state index contributed by atoms with van der Waals surface area (Å²) in [6.07, 6.45) is 1.67. The molecular weight excluding hydrogens is 260 g/mol. The number of ether oxygens (including phenoxy) is 1. The van der Waals surface area contributed by atoms with E-state index in [1.165, 1.54) is 6.07 Å². The van der Waals surface area contributed by atoms with Crippen LogP contribution in [0.3, 0.4) is 0 Å². The van der Waals surface area contributed by atoms with E-state index >= 15 is 0 Å². The number of carboxylic acid groups (broad SMARTS) is 1. The summed E-state index contributed by atoms with van der Waals surface area (Å²) in [5, 5.41) is 11.9. The van der Waals surface area contributed by atoms with Gasteiger partial charge in [0.25, 0.3) is 0 Å². The van der Waals surface area contributed by atoms with Gasteiger partial charge in [0.2, 0.25) is 11.8 Å². The van der Waals surface area contributed by atoms with E-state index in [9.17, 15) is 4.79 Å². The Morgan fingerprint density at radius 1 is 1.40 bits per heavy atom. The Morgan fingerprint density at radius 2 is 2.20 bits per heavy atom. The molecular formula is C13H14N4O3. The average Bonchev–Trinajstić information content (AvgIpc) is 2.45. The van der Waals surface area contributed by atoms with Crippen molar-refractivity contribution >= 4 is 11.9 Å². The molecule has 0 aliphatic rings. The lowest BCUT2D eigenvalue weighted by Gasteiger charge is -2.07. The Kier molecular flexibility index (Phi) is 4.09. The van der Waals surface area contributed by atoms with E-state index in [2.05, 4.69) is 20.3 Å². The largest absolute Gasteiger partial charge is 0.481 e. The quantitative estimate of drug-likeness (QED) is 0.852. The van der Waals surface area contributed by atoms with E-state index in [0.717, 1.165) is 5.56 Å². The maximum atomic E-state index is 10.9. The number of hydrogen-bond acceptors (Lipinski definition) is 6. The number of nitrogens with zero attached hydrogens (tertiary/aromatic N) is 3. The molecule has 7 heteroatoms. The number of hydrogen-bond donors (Lipinski definition) is 2. The molecule has 20 heavy (non-hydrogen) atoms. The zero-order chi connectivity index (χ0) is 14.5. The van der Waals surface area contributed by atoms with Crippen molar-refractivity contribution in [2.24, 2.45) is 0 Å². The normalized spacial score (nSPS) is 10.1. The number of nitrogens with one attached hydrogen (secondary N) is 1. The first-order chi connectivity index (χ1) is 9.58. The van der Waals surface area contributed by atoms with Crippen molar-refractivity contribution in [2.75, 3.05) is 12.4 Å². The summed E-state index contributed by atoms with van der Waals surface area (Å²) in [5.41, 5.74) is 1.47. The molecule has 0 radical (unpaired) electrons. The highest BCUT2D eigenvalue weighted by Crippen LogP contribution is 2.09. The van der Waals surface area contributed by atoms with E-state index in [1.54, 1.807) is 26.3 Å². The smallest absolute Gasteiger partial charge is 0.354 e. The standard InChI is InChI=1S/C13H14N4O3/c1-8-5-10(12(18)19)17-13(16-8)15-7-9-3-4-11(20-2)14-6-9/h3-6H,7H2,1-2H3,(H,18,19)(H,15,16,17). The van der Waals surface area contributed by atoms with Crippen molar-refractivity contribution in [2.45, 2.75) is 13.5 Å². The number of carbonyl (C=O) groups is 1. The third-order valence-corrected chi connectivity index (χ3v) is 2.53. The second kappa shape index (κ2) is 5.96. The highest BCUT2D eigenvalue weighted by molar-refractivity contribution is 5.85. The second-order valence-corrected chi connectivity index (χ2v) is 4.09. The third kappa shape index (κ3) is 3.41. The van der Waals surface area contributed by atoms with Gasteiger partial charge < -0.3 is 15.2 Å². The molecule has 0 aliphatic heterocycles. The molecule has 0 spiro atoms. The summed E-state index contributed by atoms with van der Waals surface area (Å²) in [7, 11) is 1.55. The molecule has 0 aliphatic carbocycles. The number of methoxy groups -OCH3 is 1.